The third-order valence-corrected chi connectivity index (χ3v) is 3.45. The molecule has 0 fully saturated rings. The Hall–Kier alpha value is 0.634. The van der Waals surface area contributed by atoms with Gasteiger partial charge in [0, 0.05) is 32.7 Å². The normalized spacial score (nSPS) is 32.5. The molecule has 1 rings (SSSR count). The van der Waals surface area contributed by atoms with Gasteiger partial charge in [0.2, 0.25) is 0 Å². The molecule has 0 aliphatic heterocycles. The summed E-state index contributed by atoms with van der Waals surface area (Å²) in [5.41, 5.74) is -1.60. The van der Waals surface area contributed by atoms with E-state index < -0.39 is 17.5 Å². The molecule has 2 unspecified atom stereocenters. The van der Waals surface area contributed by atoms with Crippen molar-refractivity contribution in [2.75, 3.05) is 0 Å². The van der Waals surface area contributed by atoms with Crippen LogP contribution in [0.3, 0.4) is 0 Å². The van der Waals surface area contributed by atoms with Crippen molar-refractivity contribution in [2.45, 2.75) is 39.8 Å². The molecule has 0 N–H and O–H groups in total. The van der Waals surface area contributed by atoms with Gasteiger partial charge in [-0.2, -0.15) is 26.5 Å². The predicted octanol–water partition coefficient (Wildman–Crippen LogP) is 4.13. The van der Waals surface area contributed by atoms with E-state index in [0.29, 0.717) is 12.3 Å². The van der Waals surface area contributed by atoms with Crippen LogP contribution in [0.25, 0.3) is 0 Å². The van der Waals surface area contributed by atoms with Crippen molar-refractivity contribution in [3.63, 3.8) is 0 Å². The minimum atomic E-state index is -4.13. The first-order valence-corrected chi connectivity index (χ1v) is 4.92. The summed E-state index contributed by atoms with van der Waals surface area (Å²) in [6, 6.07) is 0. The molecule has 0 aromatic rings. The smallest absolute Gasteiger partial charge is 0.298 e. The number of alkyl halides is 3. The Morgan fingerprint density at radius 3 is 2.27 bits per heavy atom. The van der Waals surface area contributed by atoms with E-state index in [2.05, 4.69) is 0 Å². The quantitative estimate of drug-likeness (QED) is 0.504. The van der Waals surface area contributed by atoms with E-state index in [1.54, 1.807) is 26.8 Å². The molecule has 0 aromatic carbocycles. The van der Waals surface area contributed by atoms with Gasteiger partial charge in [-0.3, -0.25) is 5.92 Å². The summed E-state index contributed by atoms with van der Waals surface area (Å²) in [5, 5.41) is 0. The number of allylic oxidation sites excluding steroid dienone is 2. The summed E-state index contributed by atoms with van der Waals surface area (Å²) in [6.07, 6.45) is -0.0226. The minimum absolute atomic E-state index is 0. The van der Waals surface area contributed by atoms with Gasteiger partial charge < -0.3 is 0 Å². The van der Waals surface area contributed by atoms with Crippen molar-refractivity contribution in [1.82, 2.24) is 0 Å². The summed E-state index contributed by atoms with van der Waals surface area (Å²) >= 11 is 0. The van der Waals surface area contributed by atoms with Crippen molar-refractivity contribution in [2.24, 2.45) is 11.3 Å². The van der Waals surface area contributed by atoms with Crippen LogP contribution in [0.2, 0.25) is 0 Å². The average Bonchev–Trinajstić information content (AvgIpc) is 2.02. The molecule has 1 radical (unpaired) electrons. The van der Waals surface area contributed by atoms with Crippen LogP contribution in [0, 0.1) is 17.3 Å². The molecular weight excluding hydrogens is 278 g/mol. The fourth-order valence-corrected chi connectivity index (χ4v) is 2.51. The molecule has 0 aromatic heterocycles. The zero-order valence-corrected chi connectivity index (χ0v) is 12.2. The number of halogens is 3. The van der Waals surface area contributed by atoms with Crippen molar-refractivity contribution < 1.29 is 45.9 Å². The van der Waals surface area contributed by atoms with Crippen LogP contribution >= 0.6 is 0 Å². The fraction of sp³-hybridized carbons (Fsp3) is 0.727. The molecule has 0 spiro atoms. The van der Waals surface area contributed by atoms with E-state index in [-0.39, 0.29) is 39.1 Å². The zero-order valence-electron chi connectivity index (χ0n) is 9.36. The van der Waals surface area contributed by atoms with Gasteiger partial charge >= 0.3 is 6.18 Å². The van der Waals surface area contributed by atoms with Gasteiger partial charge in [0.05, 0.1) is 0 Å². The van der Waals surface area contributed by atoms with Gasteiger partial charge in [0.15, 0.2) is 0 Å². The van der Waals surface area contributed by atoms with Crippen LogP contribution in [0.4, 0.5) is 13.2 Å². The van der Waals surface area contributed by atoms with Gasteiger partial charge in [0.1, 0.15) is 0 Å². The third kappa shape index (κ3) is 2.49. The van der Waals surface area contributed by atoms with Crippen LogP contribution in [-0.2, 0) is 32.7 Å². The third-order valence-electron chi connectivity index (χ3n) is 3.45. The van der Waals surface area contributed by atoms with Gasteiger partial charge in [-0.15, -0.1) is 6.08 Å². The predicted molar refractivity (Wildman–Crippen MR) is 50.6 cm³/mol. The van der Waals surface area contributed by atoms with Gasteiger partial charge in [-0.25, -0.2) is 0 Å². The standard InChI is InChI=1S/C11H16F3.Y/c1-4-10(11(12,13)14)8(2)6-5-7-9(10)3;/h5-6,8H,4,7H2,1-3H3;/q-1;. The van der Waals surface area contributed by atoms with Gasteiger partial charge in [-0.1, -0.05) is 26.3 Å². The Labute approximate surface area is 115 Å². The Morgan fingerprint density at radius 2 is 2.00 bits per heavy atom. The second-order valence-corrected chi connectivity index (χ2v) is 4.02. The molecule has 0 saturated heterocycles. The largest absolute Gasteiger partial charge is 0.369 e. The van der Waals surface area contributed by atoms with Crippen molar-refractivity contribution >= 4 is 0 Å². The summed E-state index contributed by atoms with van der Waals surface area (Å²) in [6.45, 7) is 4.89. The number of rotatable bonds is 1. The molecule has 1 aliphatic rings. The minimum Gasteiger partial charge on any atom is -0.298 e. The van der Waals surface area contributed by atoms with Gasteiger partial charge in [-0.05, 0) is 11.3 Å². The van der Waals surface area contributed by atoms with Gasteiger partial charge in [0.25, 0.3) is 0 Å². The molecule has 0 saturated carbocycles. The Morgan fingerprint density at radius 1 is 1.47 bits per heavy atom. The van der Waals surface area contributed by atoms with E-state index >= 15 is 0 Å². The van der Waals surface area contributed by atoms with Crippen LogP contribution in [0.5, 0.6) is 0 Å². The van der Waals surface area contributed by atoms with Crippen molar-refractivity contribution in [1.29, 1.82) is 0 Å². The van der Waals surface area contributed by atoms with E-state index in [1.165, 1.54) is 0 Å². The molecule has 0 nitrogen and oxygen atoms in total. The Balaban J connectivity index is 0.00000196. The maximum Gasteiger partial charge on any atom is 0.369 e. The number of hydrogen-bond donors (Lipinski definition) is 0. The molecule has 4 heteroatoms. The maximum atomic E-state index is 13.0. The first-order valence-electron chi connectivity index (χ1n) is 4.92. The second kappa shape index (κ2) is 5.31. The molecule has 2 atom stereocenters. The maximum absolute atomic E-state index is 13.0. The Bertz CT molecular complexity index is 234. The average molecular weight is 294 g/mol. The van der Waals surface area contributed by atoms with Crippen LogP contribution < -0.4 is 0 Å². The SMILES string of the molecule is CCC1(C(F)(F)F)[C-](C)CC=CC1C.[Y]. The summed E-state index contributed by atoms with van der Waals surface area (Å²) in [5.74, 6) is 0.101. The molecule has 0 bridgehead atoms. The fourth-order valence-electron chi connectivity index (χ4n) is 2.51. The molecular formula is C11H16F3Y-. The van der Waals surface area contributed by atoms with Crippen molar-refractivity contribution in [3.8, 4) is 0 Å². The van der Waals surface area contributed by atoms with E-state index in [0.717, 1.165) is 0 Å². The van der Waals surface area contributed by atoms with E-state index in [4.69, 9.17) is 0 Å². The molecule has 0 amide bonds. The summed E-state index contributed by atoms with van der Waals surface area (Å²) < 4.78 is 39.1. The van der Waals surface area contributed by atoms with Crippen LogP contribution in [-0.4, -0.2) is 6.18 Å². The van der Waals surface area contributed by atoms with Crippen molar-refractivity contribution in [3.05, 3.63) is 18.1 Å². The molecule has 1 aliphatic carbocycles. The summed E-state index contributed by atoms with van der Waals surface area (Å²) in [7, 11) is 0. The summed E-state index contributed by atoms with van der Waals surface area (Å²) in [4.78, 5) is 0. The van der Waals surface area contributed by atoms with E-state index in [1.807, 2.05) is 6.08 Å². The number of hydrogen-bond acceptors (Lipinski definition) is 0. The Kier molecular flexibility index (Phi) is 5.53. The second-order valence-electron chi connectivity index (χ2n) is 4.02. The molecule has 0 heterocycles. The first kappa shape index (κ1) is 15.6. The monoisotopic (exact) mass is 294 g/mol. The van der Waals surface area contributed by atoms with Crippen LogP contribution in [0.15, 0.2) is 12.2 Å². The van der Waals surface area contributed by atoms with E-state index in [9.17, 15) is 13.2 Å². The molecule has 85 valence electrons. The topological polar surface area (TPSA) is 0 Å². The zero-order chi connectivity index (χ0) is 11.0. The molecule has 15 heavy (non-hydrogen) atoms. The van der Waals surface area contributed by atoms with Crippen LogP contribution in [0.1, 0.15) is 33.6 Å². The first-order chi connectivity index (χ1) is 6.36.